The highest BCUT2D eigenvalue weighted by Gasteiger charge is 2.11. The fourth-order valence-electron chi connectivity index (χ4n) is 2.88. The number of aryl methyl sites for hydroxylation is 1. The molecule has 0 saturated carbocycles. The van der Waals surface area contributed by atoms with Crippen molar-refractivity contribution < 1.29 is 4.79 Å². The Bertz CT molecular complexity index is 910. The molecule has 3 rings (SSSR count). The van der Waals surface area contributed by atoms with Gasteiger partial charge in [0.1, 0.15) is 5.52 Å². The summed E-state index contributed by atoms with van der Waals surface area (Å²) in [5.41, 5.74) is 2.10. The molecule has 0 fully saturated rings. The number of unbranched alkanes of at least 4 members (excludes halogenated alkanes) is 1. The van der Waals surface area contributed by atoms with Crippen LogP contribution in [0.3, 0.4) is 0 Å². The third-order valence-electron chi connectivity index (χ3n) is 4.13. The van der Waals surface area contributed by atoms with Crippen LogP contribution in [0.2, 0.25) is 0 Å². The average molecular weight is 326 g/mol. The molecule has 0 aliphatic heterocycles. The number of rotatable bonds is 7. The van der Waals surface area contributed by atoms with E-state index in [1.165, 1.54) is 0 Å². The zero-order valence-corrected chi connectivity index (χ0v) is 13.9. The molecule has 6 heteroatoms. The largest absolute Gasteiger partial charge is 0.356 e. The second-order valence-electron chi connectivity index (χ2n) is 5.87. The second-order valence-corrected chi connectivity index (χ2v) is 5.87. The SMILES string of the molecule is CCCCNC(=O)CCCn1c(=O)c2cccn2c2cccnc21. The van der Waals surface area contributed by atoms with E-state index in [1.54, 1.807) is 10.8 Å². The molecule has 6 nitrogen and oxygen atoms in total. The van der Waals surface area contributed by atoms with E-state index in [0.717, 1.165) is 24.9 Å². The van der Waals surface area contributed by atoms with Crippen molar-refractivity contribution >= 4 is 22.6 Å². The lowest BCUT2D eigenvalue weighted by atomic mass is 10.2. The van der Waals surface area contributed by atoms with Crippen LogP contribution in [0.25, 0.3) is 16.7 Å². The standard InChI is InChI=1S/C18H22N4O2/c1-2-3-10-19-16(23)9-6-13-22-17-14(7-4-11-20-17)21-12-5-8-15(21)18(22)24/h4-5,7-8,11-12H,2-3,6,9-10,13H2,1H3,(H,19,23). The topological polar surface area (TPSA) is 68.4 Å². The van der Waals surface area contributed by atoms with E-state index < -0.39 is 0 Å². The van der Waals surface area contributed by atoms with Crippen LogP contribution in [0.5, 0.6) is 0 Å². The first-order chi connectivity index (χ1) is 11.7. The lowest BCUT2D eigenvalue weighted by Gasteiger charge is -2.11. The molecule has 0 unspecified atom stereocenters. The molecule has 0 radical (unpaired) electrons. The molecule has 126 valence electrons. The summed E-state index contributed by atoms with van der Waals surface area (Å²) in [7, 11) is 0. The Kier molecular flexibility index (Phi) is 4.93. The van der Waals surface area contributed by atoms with Crippen LogP contribution in [-0.4, -0.2) is 26.4 Å². The van der Waals surface area contributed by atoms with Gasteiger partial charge in [0.2, 0.25) is 5.91 Å². The van der Waals surface area contributed by atoms with Crippen LogP contribution in [0.4, 0.5) is 0 Å². The predicted molar refractivity (Wildman–Crippen MR) is 94.1 cm³/mol. The zero-order valence-electron chi connectivity index (χ0n) is 13.9. The number of carbonyl (C=O) groups excluding carboxylic acids is 1. The van der Waals surface area contributed by atoms with E-state index in [1.807, 2.05) is 34.9 Å². The summed E-state index contributed by atoms with van der Waals surface area (Å²) in [6.45, 7) is 3.29. The smallest absolute Gasteiger partial charge is 0.276 e. The Morgan fingerprint density at radius 3 is 2.88 bits per heavy atom. The number of fused-ring (bicyclic) bond motifs is 3. The minimum Gasteiger partial charge on any atom is -0.356 e. The van der Waals surface area contributed by atoms with Gasteiger partial charge in [-0.25, -0.2) is 4.98 Å². The Morgan fingerprint density at radius 2 is 2.04 bits per heavy atom. The van der Waals surface area contributed by atoms with Crippen LogP contribution >= 0.6 is 0 Å². The summed E-state index contributed by atoms with van der Waals surface area (Å²) >= 11 is 0. The summed E-state index contributed by atoms with van der Waals surface area (Å²) < 4.78 is 3.53. The van der Waals surface area contributed by atoms with E-state index in [0.29, 0.717) is 30.6 Å². The molecule has 0 saturated heterocycles. The van der Waals surface area contributed by atoms with Crippen LogP contribution in [0.1, 0.15) is 32.6 Å². The third kappa shape index (κ3) is 3.18. The Morgan fingerprint density at radius 1 is 1.21 bits per heavy atom. The molecule has 3 heterocycles. The van der Waals surface area contributed by atoms with Crippen molar-refractivity contribution in [2.75, 3.05) is 6.54 Å². The Balaban J connectivity index is 1.80. The summed E-state index contributed by atoms with van der Waals surface area (Å²) in [6, 6.07) is 7.47. The fraction of sp³-hybridized carbons (Fsp3) is 0.389. The maximum atomic E-state index is 12.7. The number of hydrogen-bond acceptors (Lipinski definition) is 3. The molecule has 1 amide bonds. The number of nitrogens with one attached hydrogen (secondary N) is 1. The minimum atomic E-state index is -0.0717. The summed E-state index contributed by atoms with van der Waals surface area (Å²) in [6.07, 6.45) is 6.63. The van der Waals surface area contributed by atoms with Crippen LogP contribution in [0, 0.1) is 0 Å². The molecule has 0 spiro atoms. The van der Waals surface area contributed by atoms with Crippen molar-refractivity contribution in [1.82, 2.24) is 19.3 Å². The summed E-state index contributed by atoms with van der Waals surface area (Å²) in [5, 5.41) is 2.90. The maximum Gasteiger partial charge on any atom is 0.276 e. The Labute approximate surface area is 140 Å². The van der Waals surface area contributed by atoms with Gasteiger partial charge in [0, 0.05) is 31.9 Å². The third-order valence-corrected chi connectivity index (χ3v) is 4.13. The highest BCUT2D eigenvalue weighted by Crippen LogP contribution is 2.13. The van der Waals surface area contributed by atoms with Gasteiger partial charge in [-0.1, -0.05) is 13.3 Å². The molecule has 0 bridgehead atoms. The summed E-state index contributed by atoms with van der Waals surface area (Å²) in [4.78, 5) is 28.9. The molecule has 0 aliphatic rings. The average Bonchev–Trinajstić information content (AvgIpc) is 3.08. The van der Waals surface area contributed by atoms with Gasteiger partial charge in [0.25, 0.3) is 5.56 Å². The second kappa shape index (κ2) is 7.29. The van der Waals surface area contributed by atoms with Gasteiger partial charge in [-0.3, -0.25) is 14.2 Å². The number of nitrogens with zero attached hydrogens (tertiary/aromatic N) is 3. The van der Waals surface area contributed by atoms with E-state index in [-0.39, 0.29) is 11.5 Å². The lowest BCUT2D eigenvalue weighted by Crippen LogP contribution is -2.26. The maximum absolute atomic E-state index is 12.7. The molecule has 0 aromatic carbocycles. The summed E-state index contributed by atoms with van der Waals surface area (Å²) in [5.74, 6) is 0.0394. The Hall–Kier alpha value is -2.63. The quantitative estimate of drug-likeness (QED) is 0.678. The van der Waals surface area contributed by atoms with Gasteiger partial charge in [0.15, 0.2) is 5.65 Å². The molecule has 0 atom stereocenters. The molecular weight excluding hydrogens is 304 g/mol. The van der Waals surface area contributed by atoms with E-state index in [4.69, 9.17) is 0 Å². The number of pyridine rings is 1. The molecule has 3 aromatic heterocycles. The monoisotopic (exact) mass is 326 g/mol. The highest BCUT2D eigenvalue weighted by atomic mass is 16.1. The first kappa shape index (κ1) is 16.2. The first-order valence-electron chi connectivity index (χ1n) is 8.43. The van der Waals surface area contributed by atoms with Gasteiger partial charge >= 0.3 is 0 Å². The molecule has 1 N–H and O–H groups in total. The normalized spacial score (nSPS) is 11.2. The first-order valence-corrected chi connectivity index (χ1v) is 8.43. The van der Waals surface area contributed by atoms with Gasteiger partial charge in [0.05, 0.1) is 5.52 Å². The van der Waals surface area contributed by atoms with Crippen molar-refractivity contribution in [3.63, 3.8) is 0 Å². The number of carbonyl (C=O) groups is 1. The van der Waals surface area contributed by atoms with Crippen LogP contribution in [-0.2, 0) is 11.3 Å². The highest BCUT2D eigenvalue weighted by molar-refractivity contribution is 5.76. The van der Waals surface area contributed by atoms with Crippen LogP contribution < -0.4 is 10.9 Å². The van der Waals surface area contributed by atoms with Crippen molar-refractivity contribution in [2.45, 2.75) is 39.2 Å². The van der Waals surface area contributed by atoms with Crippen LogP contribution in [0.15, 0.2) is 41.5 Å². The molecular formula is C18H22N4O2. The molecule has 0 aliphatic carbocycles. The van der Waals surface area contributed by atoms with E-state index in [2.05, 4.69) is 17.2 Å². The van der Waals surface area contributed by atoms with Crippen molar-refractivity contribution in [3.8, 4) is 0 Å². The fourth-order valence-corrected chi connectivity index (χ4v) is 2.88. The van der Waals surface area contributed by atoms with Gasteiger partial charge in [-0.2, -0.15) is 0 Å². The van der Waals surface area contributed by atoms with Gasteiger partial charge < -0.3 is 9.72 Å². The molecule has 3 aromatic rings. The van der Waals surface area contributed by atoms with Gasteiger partial charge in [-0.05, 0) is 37.1 Å². The van der Waals surface area contributed by atoms with E-state index in [9.17, 15) is 9.59 Å². The molecule has 24 heavy (non-hydrogen) atoms. The zero-order chi connectivity index (χ0) is 16.9. The van der Waals surface area contributed by atoms with E-state index >= 15 is 0 Å². The predicted octanol–water partition coefficient (Wildman–Crippen LogP) is 2.35. The number of amides is 1. The minimum absolute atomic E-state index is 0.0394. The number of aromatic nitrogens is 3. The van der Waals surface area contributed by atoms with Crippen molar-refractivity contribution in [2.24, 2.45) is 0 Å². The van der Waals surface area contributed by atoms with Crippen molar-refractivity contribution in [3.05, 3.63) is 47.0 Å². The number of hydrogen-bond donors (Lipinski definition) is 1. The lowest BCUT2D eigenvalue weighted by molar-refractivity contribution is -0.121. The van der Waals surface area contributed by atoms with Crippen molar-refractivity contribution in [1.29, 1.82) is 0 Å². The van der Waals surface area contributed by atoms with Gasteiger partial charge in [-0.15, -0.1) is 0 Å².